The minimum atomic E-state index is -0.727. The van der Waals surface area contributed by atoms with Gasteiger partial charge in [-0.05, 0) is 48.0 Å². The highest BCUT2D eigenvalue weighted by Gasteiger charge is 2.23. The molecule has 1 amide bonds. The third-order valence-corrected chi connectivity index (χ3v) is 7.08. The first-order valence-electron chi connectivity index (χ1n) is 14.1. The van der Waals surface area contributed by atoms with Gasteiger partial charge in [0.2, 0.25) is 5.91 Å². The number of para-hydroxylation sites is 1. The van der Waals surface area contributed by atoms with Crippen molar-refractivity contribution in [2.45, 2.75) is 26.3 Å². The molecule has 1 atom stereocenters. The average Bonchev–Trinajstić information content (AvgIpc) is 3.03. The first-order chi connectivity index (χ1) is 20.8. The molecule has 0 spiro atoms. The van der Waals surface area contributed by atoms with Crippen LogP contribution in [-0.4, -0.2) is 44.0 Å². The standard InChI is InChI=1S/C35H35ClN2O5/c1-24(2)34(40)38(28-13-9-12-27(36)23-28)20-21-43-29-18-16-25(17-19-29)22-32(35(41)42-3)37-31-15-8-7-14-30(31)33(39)26-10-5-4-6-11-26/h4-19,23-24,32,37H,20-22H2,1-3H3/t32-/m0/s1. The Kier molecular flexibility index (Phi) is 10.9. The maximum Gasteiger partial charge on any atom is 0.328 e. The monoisotopic (exact) mass is 598 g/mol. The third kappa shape index (κ3) is 8.46. The van der Waals surface area contributed by atoms with Gasteiger partial charge in [0, 0.05) is 39.9 Å². The number of ketones is 1. The van der Waals surface area contributed by atoms with Crippen LogP contribution in [0.25, 0.3) is 0 Å². The van der Waals surface area contributed by atoms with Crippen molar-refractivity contribution in [2.24, 2.45) is 5.92 Å². The fourth-order valence-electron chi connectivity index (χ4n) is 4.61. The highest BCUT2D eigenvalue weighted by atomic mass is 35.5. The van der Waals surface area contributed by atoms with Gasteiger partial charge in [0.15, 0.2) is 5.78 Å². The molecule has 0 bridgehead atoms. The number of benzene rings is 4. The molecule has 1 N–H and O–H groups in total. The van der Waals surface area contributed by atoms with Crippen molar-refractivity contribution in [3.63, 3.8) is 0 Å². The molecule has 8 heteroatoms. The number of esters is 1. The largest absolute Gasteiger partial charge is 0.492 e. The second kappa shape index (κ2) is 15.0. The number of halogens is 1. The summed E-state index contributed by atoms with van der Waals surface area (Å²) in [5, 5.41) is 3.78. The zero-order valence-corrected chi connectivity index (χ0v) is 25.2. The summed E-state index contributed by atoms with van der Waals surface area (Å²) in [6.45, 7) is 4.35. The van der Waals surface area contributed by atoms with E-state index in [4.69, 9.17) is 21.1 Å². The van der Waals surface area contributed by atoms with Gasteiger partial charge in [-0.1, -0.05) is 86.1 Å². The average molecular weight is 599 g/mol. The molecule has 4 aromatic rings. The third-order valence-electron chi connectivity index (χ3n) is 6.85. The number of anilines is 2. The van der Waals surface area contributed by atoms with E-state index in [1.54, 1.807) is 47.4 Å². The van der Waals surface area contributed by atoms with Gasteiger partial charge in [-0.3, -0.25) is 9.59 Å². The van der Waals surface area contributed by atoms with Crippen LogP contribution in [0.4, 0.5) is 11.4 Å². The van der Waals surface area contributed by atoms with Crippen molar-refractivity contribution in [2.75, 3.05) is 30.5 Å². The predicted molar refractivity (Wildman–Crippen MR) is 170 cm³/mol. The topological polar surface area (TPSA) is 84.9 Å². The lowest BCUT2D eigenvalue weighted by Gasteiger charge is -2.25. The maximum absolute atomic E-state index is 13.2. The molecule has 0 saturated carbocycles. The Morgan fingerprint density at radius 3 is 2.23 bits per heavy atom. The van der Waals surface area contributed by atoms with E-state index in [1.807, 2.05) is 74.5 Å². The van der Waals surface area contributed by atoms with Crippen molar-refractivity contribution < 1.29 is 23.9 Å². The van der Waals surface area contributed by atoms with Crippen LogP contribution in [0.15, 0.2) is 103 Å². The molecule has 0 heterocycles. The number of nitrogens with zero attached hydrogens (tertiary/aromatic N) is 1. The van der Waals surface area contributed by atoms with Crippen LogP contribution in [0.5, 0.6) is 5.75 Å². The number of carbonyl (C=O) groups is 3. The normalized spacial score (nSPS) is 11.5. The highest BCUT2D eigenvalue weighted by Crippen LogP contribution is 2.24. The van der Waals surface area contributed by atoms with E-state index in [0.29, 0.717) is 40.6 Å². The van der Waals surface area contributed by atoms with Crippen molar-refractivity contribution in [3.8, 4) is 5.75 Å². The van der Waals surface area contributed by atoms with Crippen LogP contribution >= 0.6 is 11.6 Å². The predicted octanol–water partition coefficient (Wildman–Crippen LogP) is 6.84. The molecule has 0 fully saturated rings. The summed E-state index contributed by atoms with van der Waals surface area (Å²) in [5.74, 6) is -0.156. The molecule has 7 nitrogen and oxygen atoms in total. The lowest BCUT2D eigenvalue weighted by Crippen LogP contribution is -2.37. The van der Waals surface area contributed by atoms with Gasteiger partial charge in [-0.2, -0.15) is 0 Å². The molecule has 0 radical (unpaired) electrons. The number of carbonyl (C=O) groups excluding carboxylic acids is 3. The lowest BCUT2D eigenvalue weighted by atomic mass is 10.00. The summed E-state index contributed by atoms with van der Waals surface area (Å²) in [6.07, 6.45) is 0.326. The molecular formula is C35H35ClN2O5. The number of amides is 1. The summed E-state index contributed by atoms with van der Waals surface area (Å²) in [7, 11) is 1.34. The maximum atomic E-state index is 13.2. The van der Waals surface area contributed by atoms with E-state index in [2.05, 4.69) is 5.32 Å². The molecule has 0 aliphatic rings. The van der Waals surface area contributed by atoms with Crippen molar-refractivity contribution in [3.05, 3.63) is 125 Å². The van der Waals surface area contributed by atoms with Gasteiger partial charge in [0.1, 0.15) is 18.4 Å². The van der Waals surface area contributed by atoms with Crippen LogP contribution in [-0.2, 0) is 20.7 Å². The van der Waals surface area contributed by atoms with Gasteiger partial charge >= 0.3 is 5.97 Å². The summed E-state index contributed by atoms with van der Waals surface area (Å²) in [4.78, 5) is 40.5. The van der Waals surface area contributed by atoms with Crippen LogP contribution in [0.2, 0.25) is 5.02 Å². The summed E-state index contributed by atoms with van der Waals surface area (Å²) in [5.41, 5.74) is 3.17. The van der Waals surface area contributed by atoms with Crippen LogP contribution in [0.3, 0.4) is 0 Å². The Morgan fingerprint density at radius 2 is 1.56 bits per heavy atom. The number of hydrogen-bond acceptors (Lipinski definition) is 6. The van der Waals surface area contributed by atoms with Crippen LogP contribution in [0, 0.1) is 5.92 Å². The quantitative estimate of drug-likeness (QED) is 0.134. The Bertz CT molecular complexity index is 1540. The molecule has 4 aromatic carbocycles. The number of nitrogens with one attached hydrogen (secondary N) is 1. The van der Waals surface area contributed by atoms with Gasteiger partial charge in [0.25, 0.3) is 0 Å². The number of methoxy groups -OCH3 is 1. The smallest absolute Gasteiger partial charge is 0.328 e. The van der Waals surface area contributed by atoms with Crippen LogP contribution in [0.1, 0.15) is 35.3 Å². The Balaban J connectivity index is 1.42. The van der Waals surface area contributed by atoms with E-state index < -0.39 is 12.0 Å². The van der Waals surface area contributed by atoms with Gasteiger partial charge in [0.05, 0.1) is 13.7 Å². The van der Waals surface area contributed by atoms with Crippen molar-refractivity contribution in [1.82, 2.24) is 0 Å². The summed E-state index contributed by atoms with van der Waals surface area (Å²) in [6, 6.07) is 30.0. The summed E-state index contributed by atoms with van der Waals surface area (Å²) < 4.78 is 11.0. The second-order valence-corrected chi connectivity index (χ2v) is 10.7. The number of rotatable bonds is 13. The van der Waals surface area contributed by atoms with E-state index in [-0.39, 0.29) is 24.2 Å². The fraction of sp³-hybridized carbons (Fsp3) is 0.229. The molecule has 0 unspecified atom stereocenters. The molecule has 0 aromatic heterocycles. The molecule has 222 valence electrons. The minimum Gasteiger partial charge on any atom is -0.492 e. The number of hydrogen-bond donors (Lipinski definition) is 1. The molecule has 0 saturated heterocycles. The molecule has 43 heavy (non-hydrogen) atoms. The SMILES string of the molecule is COC(=O)[C@H](Cc1ccc(OCCN(C(=O)C(C)C)c2cccc(Cl)c2)cc1)Nc1ccccc1C(=O)c1ccccc1. The van der Waals surface area contributed by atoms with E-state index in [0.717, 1.165) is 11.3 Å². The Morgan fingerprint density at radius 1 is 0.860 bits per heavy atom. The molecular weight excluding hydrogens is 564 g/mol. The van der Waals surface area contributed by atoms with Gasteiger partial charge in [-0.25, -0.2) is 4.79 Å². The van der Waals surface area contributed by atoms with E-state index >= 15 is 0 Å². The van der Waals surface area contributed by atoms with Crippen molar-refractivity contribution >= 4 is 40.6 Å². The first kappa shape index (κ1) is 31.3. The highest BCUT2D eigenvalue weighted by molar-refractivity contribution is 6.30. The second-order valence-electron chi connectivity index (χ2n) is 10.3. The van der Waals surface area contributed by atoms with E-state index in [9.17, 15) is 14.4 Å². The van der Waals surface area contributed by atoms with Gasteiger partial charge in [-0.15, -0.1) is 0 Å². The van der Waals surface area contributed by atoms with Gasteiger partial charge < -0.3 is 19.7 Å². The zero-order valence-electron chi connectivity index (χ0n) is 24.5. The van der Waals surface area contributed by atoms with Crippen molar-refractivity contribution in [1.29, 1.82) is 0 Å². The van der Waals surface area contributed by atoms with E-state index in [1.165, 1.54) is 7.11 Å². The zero-order chi connectivity index (χ0) is 30.8. The summed E-state index contributed by atoms with van der Waals surface area (Å²) >= 11 is 6.16. The molecule has 0 aliphatic heterocycles. The fourth-order valence-corrected chi connectivity index (χ4v) is 4.79. The molecule has 4 rings (SSSR count). The van der Waals surface area contributed by atoms with Crippen LogP contribution < -0.4 is 15.0 Å². The molecule has 0 aliphatic carbocycles. The minimum absolute atomic E-state index is 0.0189. The lowest BCUT2D eigenvalue weighted by molar-refractivity contribution is -0.141. The Labute approximate surface area is 257 Å². The first-order valence-corrected chi connectivity index (χ1v) is 14.5. The Hall–Kier alpha value is -4.62. The number of ether oxygens (including phenoxy) is 2.